The van der Waals surface area contributed by atoms with E-state index in [1.165, 1.54) is 58.2 Å². The number of piperidine rings is 1. The summed E-state index contributed by atoms with van der Waals surface area (Å²) in [5.74, 6) is 0.828. The van der Waals surface area contributed by atoms with Crippen molar-refractivity contribution in [3.63, 3.8) is 0 Å². The maximum atomic E-state index is 5.75. The van der Waals surface area contributed by atoms with Crippen LogP contribution in [0.5, 0.6) is 0 Å². The summed E-state index contributed by atoms with van der Waals surface area (Å²) >= 11 is 0. The molecule has 2 nitrogen and oxygen atoms in total. The molecule has 1 aliphatic rings. The third-order valence-corrected chi connectivity index (χ3v) is 3.49. The molecule has 0 amide bonds. The van der Waals surface area contributed by atoms with Crippen LogP contribution in [0.1, 0.15) is 52.4 Å². The van der Waals surface area contributed by atoms with Crippen LogP contribution in [-0.2, 0) is 4.74 Å². The molecule has 0 radical (unpaired) electrons. The zero-order chi connectivity index (χ0) is 11.6. The lowest BCUT2D eigenvalue weighted by Crippen LogP contribution is -2.35. The third kappa shape index (κ3) is 5.86. The Morgan fingerprint density at radius 3 is 2.44 bits per heavy atom. The van der Waals surface area contributed by atoms with Crippen molar-refractivity contribution in [2.75, 3.05) is 32.8 Å². The Kier molecular flexibility index (Phi) is 7.87. The lowest BCUT2D eigenvalue weighted by molar-refractivity contribution is 0.0651. The Bertz CT molecular complexity index is 153. The first-order valence-electron chi connectivity index (χ1n) is 7.16. The first-order chi connectivity index (χ1) is 7.86. The van der Waals surface area contributed by atoms with E-state index in [-0.39, 0.29) is 0 Å². The van der Waals surface area contributed by atoms with Crippen LogP contribution in [0.25, 0.3) is 0 Å². The predicted octanol–water partition coefficient (Wildman–Crippen LogP) is 3.32. The molecule has 0 N–H and O–H groups in total. The first-order valence-corrected chi connectivity index (χ1v) is 7.16. The summed E-state index contributed by atoms with van der Waals surface area (Å²) in [7, 11) is 0. The molecule has 0 spiro atoms. The Morgan fingerprint density at radius 1 is 1.06 bits per heavy atom. The van der Waals surface area contributed by atoms with Crippen LogP contribution in [0.3, 0.4) is 0 Å². The third-order valence-electron chi connectivity index (χ3n) is 3.49. The van der Waals surface area contributed by atoms with E-state index >= 15 is 0 Å². The molecule has 1 saturated heterocycles. The fourth-order valence-corrected chi connectivity index (χ4v) is 2.40. The summed E-state index contributed by atoms with van der Waals surface area (Å²) in [5, 5.41) is 0. The van der Waals surface area contributed by atoms with Gasteiger partial charge in [0.2, 0.25) is 0 Å². The van der Waals surface area contributed by atoms with E-state index in [1.807, 2.05) is 0 Å². The van der Waals surface area contributed by atoms with Gasteiger partial charge in [-0.3, -0.25) is 0 Å². The van der Waals surface area contributed by atoms with Crippen LogP contribution in [-0.4, -0.2) is 37.7 Å². The van der Waals surface area contributed by atoms with Crippen molar-refractivity contribution in [2.24, 2.45) is 5.92 Å². The van der Waals surface area contributed by atoms with Crippen molar-refractivity contribution in [3.8, 4) is 0 Å². The number of unbranched alkanes of at least 4 members (excludes halogenated alkanes) is 2. The summed E-state index contributed by atoms with van der Waals surface area (Å²) in [6.07, 6.45) is 7.82. The Labute approximate surface area is 101 Å². The number of nitrogens with zero attached hydrogens (tertiary/aromatic N) is 1. The number of hydrogen-bond acceptors (Lipinski definition) is 2. The van der Waals surface area contributed by atoms with Crippen LogP contribution < -0.4 is 0 Å². The average Bonchev–Trinajstić information content (AvgIpc) is 2.31. The van der Waals surface area contributed by atoms with Gasteiger partial charge in [0.1, 0.15) is 0 Å². The van der Waals surface area contributed by atoms with Crippen molar-refractivity contribution in [3.05, 3.63) is 0 Å². The molecule has 0 aromatic heterocycles. The quantitative estimate of drug-likeness (QED) is 0.590. The molecule has 1 fully saturated rings. The number of ether oxygens (including phenoxy) is 1. The molecule has 0 bridgehead atoms. The van der Waals surface area contributed by atoms with E-state index in [9.17, 15) is 0 Å². The van der Waals surface area contributed by atoms with Gasteiger partial charge in [0.15, 0.2) is 0 Å². The molecule has 0 aromatic carbocycles. The highest BCUT2D eigenvalue weighted by atomic mass is 16.5. The van der Waals surface area contributed by atoms with Crippen molar-refractivity contribution >= 4 is 0 Å². The van der Waals surface area contributed by atoms with Gasteiger partial charge in [-0.1, -0.05) is 26.7 Å². The monoisotopic (exact) mass is 227 g/mol. The minimum Gasteiger partial charge on any atom is -0.381 e. The molecule has 1 rings (SSSR count). The smallest absolute Gasteiger partial charge is 0.0495 e. The topological polar surface area (TPSA) is 12.5 Å². The maximum absolute atomic E-state index is 5.75. The second-order valence-electron chi connectivity index (χ2n) is 5.07. The van der Waals surface area contributed by atoms with Crippen LogP contribution in [0.15, 0.2) is 0 Å². The maximum Gasteiger partial charge on any atom is 0.0495 e. The van der Waals surface area contributed by atoms with Gasteiger partial charge < -0.3 is 9.64 Å². The van der Waals surface area contributed by atoms with E-state index in [2.05, 4.69) is 18.7 Å². The number of hydrogen-bond donors (Lipinski definition) is 0. The van der Waals surface area contributed by atoms with Crippen LogP contribution in [0.4, 0.5) is 0 Å². The van der Waals surface area contributed by atoms with Crippen molar-refractivity contribution < 1.29 is 4.74 Å². The van der Waals surface area contributed by atoms with Gasteiger partial charge in [-0.15, -0.1) is 0 Å². The summed E-state index contributed by atoms with van der Waals surface area (Å²) in [6, 6.07) is 0. The average molecular weight is 227 g/mol. The van der Waals surface area contributed by atoms with E-state index in [0.29, 0.717) is 0 Å². The molecule has 1 aliphatic heterocycles. The van der Waals surface area contributed by atoms with E-state index in [4.69, 9.17) is 4.74 Å². The van der Waals surface area contributed by atoms with Gasteiger partial charge >= 0.3 is 0 Å². The molecule has 0 aliphatic carbocycles. The van der Waals surface area contributed by atoms with Gasteiger partial charge in [0, 0.05) is 13.2 Å². The van der Waals surface area contributed by atoms with E-state index < -0.39 is 0 Å². The highest BCUT2D eigenvalue weighted by molar-refractivity contribution is 4.71. The first kappa shape index (κ1) is 14.0. The van der Waals surface area contributed by atoms with E-state index in [0.717, 1.165) is 19.1 Å². The fraction of sp³-hybridized carbons (Fsp3) is 1.00. The molecule has 2 heteroatoms. The van der Waals surface area contributed by atoms with Crippen LogP contribution in [0, 0.1) is 5.92 Å². The van der Waals surface area contributed by atoms with Crippen molar-refractivity contribution in [2.45, 2.75) is 52.4 Å². The summed E-state index contributed by atoms with van der Waals surface area (Å²) in [4.78, 5) is 2.59. The van der Waals surface area contributed by atoms with Crippen LogP contribution >= 0.6 is 0 Å². The molecule has 0 aromatic rings. The number of rotatable bonds is 8. The molecular weight excluding hydrogens is 198 g/mol. The molecule has 16 heavy (non-hydrogen) atoms. The Hall–Kier alpha value is -0.0800. The second kappa shape index (κ2) is 9.00. The molecule has 96 valence electrons. The molecular formula is C14H29NO. The van der Waals surface area contributed by atoms with Gasteiger partial charge in [0.05, 0.1) is 0 Å². The van der Waals surface area contributed by atoms with Crippen LogP contribution in [0.2, 0.25) is 0 Å². The zero-order valence-corrected chi connectivity index (χ0v) is 11.2. The minimum atomic E-state index is 0.828. The lowest BCUT2D eigenvalue weighted by Gasteiger charge is -2.31. The number of likely N-dealkylation sites (tertiary alicyclic amines) is 1. The van der Waals surface area contributed by atoms with Gasteiger partial charge in [-0.25, -0.2) is 0 Å². The SMILES string of the molecule is CCCCCOCC1CCN(CCC)CC1. The Balaban J connectivity index is 1.95. The fourth-order valence-electron chi connectivity index (χ4n) is 2.40. The summed E-state index contributed by atoms with van der Waals surface area (Å²) < 4.78 is 5.75. The molecule has 0 unspecified atom stereocenters. The van der Waals surface area contributed by atoms with Gasteiger partial charge in [-0.05, 0) is 51.2 Å². The Morgan fingerprint density at radius 2 is 1.81 bits per heavy atom. The van der Waals surface area contributed by atoms with Gasteiger partial charge in [0.25, 0.3) is 0 Å². The minimum absolute atomic E-state index is 0.828. The lowest BCUT2D eigenvalue weighted by atomic mass is 9.98. The highest BCUT2D eigenvalue weighted by Crippen LogP contribution is 2.17. The van der Waals surface area contributed by atoms with E-state index in [1.54, 1.807) is 0 Å². The molecule has 0 atom stereocenters. The zero-order valence-electron chi connectivity index (χ0n) is 11.2. The highest BCUT2D eigenvalue weighted by Gasteiger charge is 2.18. The van der Waals surface area contributed by atoms with Crippen molar-refractivity contribution in [1.82, 2.24) is 4.90 Å². The standard InChI is InChI=1S/C14H29NO/c1-3-5-6-12-16-13-14-7-10-15(9-4-2)11-8-14/h14H,3-13H2,1-2H3. The summed E-state index contributed by atoms with van der Waals surface area (Å²) in [5.41, 5.74) is 0. The largest absolute Gasteiger partial charge is 0.381 e. The van der Waals surface area contributed by atoms with Crippen molar-refractivity contribution in [1.29, 1.82) is 0 Å². The summed E-state index contributed by atoms with van der Waals surface area (Å²) in [6.45, 7) is 10.3. The van der Waals surface area contributed by atoms with Gasteiger partial charge in [-0.2, -0.15) is 0 Å². The normalized spacial score (nSPS) is 19.1. The predicted molar refractivity (Wildman–Crippen MR) is 69.8 cm³/mol. The molecule has 0 saturated carbocycles. The molecule has 1 heterocycles. The second-order valence-corrected chi connectivity index (χ2v) is 5.07.